The van der Waals surface area contributed by atoms with Crippen LogP contribution in [0.3, 0.4) is 0 Å². The quantitative estimate of drug-likeness (QED) is 0.899. The third-order valence-corrected chi connectivity index (χ3v) is 4.07. The Balaban J connectivity index is 2.10. The van der Waals surface area contributed by atoms with Crippen molar-refractivity contribution in [2.75, 3.05) is 6.54 Å². The molecule has 108 valence electrons. The Hall–Kier alpha value is -1.42. The van der Waals surface area contributed by atoms with Crippen LogP contribution in [0.2, 0.25) is 0 Å². The minimum Gasteiger partial charge on any atom is -0.324 e. The van der Waals surface area contributed by atoms with Crippen molar-refractivity contribution < 1.29 is 4.39 Å². The molecule has 0 spiro atoms. The van der Waals surface area contributed by atoms with Crippen LogP contribution in [-0.2, 0) is 0 Å². The van der Waals surface area contributed by atoms with E-state index < -0.39 is 0 Å². The summed E-state index contributed by atoms with van der Waals surface area (Å²) in [5.41, 5.74) is 1.79. The second-order valence-electron chi connectivity index (χ2n) is 5.92. The zero-order valence-electron chi connectivity index (χ0n) is 12.2. The molecule has 0 aliphatic carbocycles. The first kappa shape index (κ1) is 13.6. The third-order valence-electron chi connectivity index (χ3n) is 4.07. The van der Waals surface area contributed by atoms with Gasteiger partial charge in [-0.3, -0.25) is 0 Å². The minimum absolute atomic E-state index is 0.216. The summed E-state index contributed by atoms with van der Waals surface area (Å²) in [6, 6.07) is 5.51. The van der Waals surface area contributed by atoms with Gasteiger partial charge in [0.05, 0.1) is 17.1 Å². The fourth-order valence-corrected chi connectivity index (χ4v) is 3.13. The van der Waals surface area contributed by atoms with Gasteiger partial charge in [-0.25, -0.2) is 9.37 Å². The van der Waals surface area contributed by atoms with Gasteiger partial charge in [0.15, 0.2) is 0 Å². The van der Waals surface area contributed by atoms with E-state index in [9.17, 15) is 4.39 Å². The van der Waals surface area contributed by atoms with Crippen molar-refractivity contribution in [3.8, 4) is 0 Å². The maximum atomic E-state index is 13.4. The highest BCUT2D eigenvalue weighted by Crippen LogP contribution is 2.29. The Morgan fingerprint density at radius 1 is 1.30 bits per heavy atom. The Labute approximate surface area is 119 Å². The van der Waals surface area contributed by atoms with Gasteiger partial charge < -0.3 is 9.88 Å². The molecule has 1 saturated heterocycles. The molecule has 20 heavy (non-hydrogen) atoms. The van der Waals surface area contributed by atoms with Gasteiger partial charge in [0, 0.05) is 12.1 Å². The number of benzene rings is 1. The molecule has 3 nitrogen and oxygen atoms in total. The highest BCUT2D eigenvalue weighted by Gasteiger charge is 2.22. The molecule has 2 aromatic rings. The van der Waals surface area contributed by atoms with Gasteiger partial charge in [0.25, 0.3) is 0 Å². The molecular formula is C16H22FN3. The van der Waals surface area contributed by atoms with Crippen LogP contribution in [0.1, 0.15) is 57.4 Å². The van der Waals surface area contributed by atoms with Crippen molar-refractivity contribution in [2.45, 2.75) is 51.6 Å². The normalized spacial score (nSPS) is 20.5. The van der Waals surface area contributed by atoms with Crippen molar-refractivity contribution in [3.63, 3.8) is 0 Å². The summed E-state index contributed by atoms with van der Waals surface area (Å²) < 4.78 is 15.7. The summed E-state index contributed by atoms with van der Waals surface area (Å²) in [6.07, 6.45) is 4.85. The minimum atomic E-state index is -0.216. The number of hydrogen-bond acceptors (Lipinski definition) is 2. The zero-order chi connectivity index (χ0) is 14.1. The van der Waals surface area contributed by atoms with Crippen molar-refractivity contribution in [2.24, 2.45) is 0 Å². The van der Waals surface area contributed by atoms with Gasteiger partial charge in [-0.15, -0.1) is 0 Å². The number of nitrogens with one attached hydrogen (secondary N) is 1. The molecule has 1 unspecified atom stereocenters. The molecule has 0 amide bonds. The maximum Gasteiger partial charge on any atom is 0.127 e. The molecule has 1 fully saturated rings. The van der Waals surface area contributed by atoms with Crippen LogP contribution in [0.25, 0.3) is 11.0 Å². The first-order valence-electron chi connectivity index (χ1n) is 7.57. The van der Waals surface area contributed by atoms with E-state index >= 15 is 0 Å². The lowest BCUT2D eigenvalue weighted by molar-refractivity contribution is 0.464. The van der Waals surface area contributed by atoms with E-state index in [4.69, 9.17) is 4.98 Å². The molecule has 1 atom stereocenters. The fourth-order valence-electron chi connectivity index (χ4n) is 3.13. The number of imidazole rings is 1. The Bertz CT molecular complexity index is 595. The van der Waals surface area contributed by atoms with E-state index in [0.29, 0.717) is 6.04 Å². The Kier molecular flexibility index (Phi) is 3.74. The lowest BCUT2D eigenvalue weighted by Gasteiger charge is -2.20. The Morgan fingerprint density at radius 2 is 2.15 bits per heavy atom. The van der Waals surface area contributed by atoms with Crippen molar-refractivity contribution in [1.29, 1.82) is 0 Å². The molecule has 3 rings (SSSR count). The molecular weight excluding hydrogens is 253 g/mol. The summed E-state index contributed by atoms with van der Waals surface area (Å²) >= 11 is 0. The van der Waals surface area contributed by atoms with Crippen LogP contribution in [0.15, 0.2) is 18.2 Å². The number of aromatic nitrogens is 2. The predicted molar refractivity (Wildman–Crippen MR) is 79.3 cm³/mol. The molecule has 2 heterocycles. The maximum absolute atomic E-state index is 13.4. The van der Waals surface area contributed by atoms with Crippen LogP contribution >= 0.6 is 0 Å². The van der Waals surface area contributed by atoms with Crippen molar-refractivity contribution in [1.82, 2.24) is 14.9 Å². The predicted octanol–water partition coefficient (Wildman–Crippen LogP) is 3.96. The number of halogens is 1. The van der Waals surface area contributed by atoms with Crippen LogP contribution in [0.4, 0.5) is 4.39 Å². The van der Waals surface area contributed by atoms with E-state index in [1.807, 2.05) is 6.07 Å². The van der Waals surface area contributed by atoms with E-state index in [2.05, 4.69) is 23.7 Å². The fraction of sp³-hybridized carbons (Fsp3) is 0.562. The SMILES string of the molecule is CC(C)n1c(C2CCCCCN2)nc2cc(F)ccc21. The monoisotopic (exact) mass is 275 g/mol. The van der Waals surface area contributed by atoms with Gasteiger partial charge in [0.1, 0.15) is 11.6 Å². The lowest BCUT2D eigenvalue weighted by Crippen LogP contribution is -2.24. The van der Waals surface area contributed by atoms with Gasteiger partial charge in [-0.2, -0.15) is 0 Å². The van der Waals surface area contributed by atoms with Crippen LogP contribution in [0, 0.1) is 5.82 Å². The summed E-state index contributed by atoms with van der Waals surface area (Å²) in [4.78, 5) is 4.72. The summed E-state index contributed by atoms with van der Waals surface area (Å²) in [5.74, 6) is 0.841. The lowest BCUT2D eigenvalue weighted by atomic mass is 10.1. The molecule has 1 aliphatic rings. The summed E-state index contributed by atoms with van der Waals surface area (Å²) in [5, 5.41) is 3.59. The number of hydrogen-bond donors (Lipinski definition) is 1. The molecule has 0 radical (unpaired) electrons. The number of fused-ring (bicyclic) bond motifs is 1. The van der Waals surface area contributed by atoms with Crippen molar-refractivity contribution in [3.05, 3.63) is 29.8 Å². The van der Waals surface area contributed by atoms with Gasteiger partial charge in [0.2, 0.25) is 0 Å². The standard InChI is InChI=1S/C16H22FN3/c1-11(2)20-15-8-7-12(17)10-14(15)19-16(20)13-6-4-3-5-9-18-13/h7-8,10-11,13,18H,3-6,9H2,1-2H3. The van der Waals surface area contributed by atoms with Crippen molar-refractivity contribution >= 4 is 11.0 Å². The molecule has 1 N–H and O–H groups in total. The molecule has 0 saturated carbocycles. The van der Waals surface area contributed by atoms with E-state index in [-0.39, 0.29) is 11.9 Å². The van der Waals surface area contributed by atoms with Crippen LogP contribution in [0.5, 0.6) is 0 Å². The number of rotatable bonds is 2. The average Bonchev–Trinajstić information content (AvgIpc) is 2.59. The van der Waals surface area contributed by atoms with Crippen LogP contribution < -0.4 is 5.32 Å². The largest absolute Gasteiger partial charge is 0.324 e. The number of nitrogens with zero attached hydrogens (tertiary/aromatic N) is 2. The second kappa shape index (κ2) is 5.52. The molecule has 1 aromatic heterocycles. The molecule has 1 aliphatic heterocycles. The molecule has 1 aromatic carbocycles. The zero-order valence-corrected chi connectivity index (χ0v) is 12.2. The smallest absolute Gasteiger partial charge is 0.127 e. The highest BCUT2D eigenvalue weighted by atomic mass is 19.1. The van der Waals surface area contributed by atoms with E-state index in [0.717, 1.165) is 29.8 Å². The van der Waals surface area contributed by atoms with Gasteiger partial charge in [-0.1, -0.05) is 12.8 Å². The summed E-state index contributed by atoms with van der Waals surface area (Å²) in [6.45, 7) is 5.36. The Morgan fingerprint density at radius 3 is 2.95 bits per heavy atom. The van der Waals surface area contributed by atoms with Crippen LogP contribution in [-0.4, -0.2) is 16.1 Å². The first-order valence-corrected chi connectivity index (χ1v) is 7.57. The first-order chi connectivity index (χ1) is 9.66. The highest BCUT2D eigenvalue weighted by molar-refractivity contribution is 5.76. The summed E-state index contributed by atoms with van der Waals surface area (Å²) in [7, 11) is 0. The molecule has 0 bridgehead atoms. The molecule has 4 heteroatoms. The van der Waals surface area contributed by atoms with E-state index in [1.165, 1.54) is 31.4 Å². The topological polar surface area (TPSA) is 29.9 Å². The average molecular weight is 275 g/mol. The van der Waals surface area contributed by atoms with E-state index in [1.54, 1.807) is 0 Å². The van der Waals surface area contributed by atoms with Gasteiger partial charge >= 0.3 is 0 Å². The second-order valence-corrected chi connectivity index (χ2v) is 5.92. The third kappa shape index (κ3) is 2.44. The van der Waals surface area contributed by atoms with Gasteiger partial charge in [-0.05, 0) is 45.4 Å².